The van der Waals surface area contributed by atoms with Crippen LogP contribution in [0, 0.1) is 0 Å². The second-order valence-electron chi connectivity index (χ2n) is 7.01. The molecule has 2 aliphatic rings. The van der Waals surface area contributed by atoms with Gasteiger partial charge in [0.25, 0.3) is 0 Å². The minimum Gasteiger partial charge on any atom is -0.371 e. The number of nitrogens with zero attached hydrogens (tertiary/aromatic N) is 4. The Labute approximate surface area is 158 Å². The van der Waals surface area contributed by atoms with Crippen molar-refractivity contribution in [1.29, 1.82) is 0 Å². The van der Waals surface area contributed by atoms with Crippen LogP contribution in [0.1, 0.15) is 54.0 Å². The Morgan fingerprint density at radius 3 is 2.85 bits per heavy atom. The molecule has 0 bridgehead atoms. The van der Waals surface area contributed by atoms with Gasteiger partial charge in [0.1, 0.15) is 16.9 Å². The minimum absolute atomic E-state index is 0.0697. The lowest BCUT2D eigenvalue weighted by atomic mass is 10.2. The van der Waals surface area contributed by atoms with Crippen molar-refractivity contribution in [3.63, 3.8) is 0 Å². The first-order valence-corrected chi connectivity index (χ1v) is 11.8. The van der Waals surface area contributed by atoms with Crippen molar-refractivity contribution in [3.8, 4) is 0 Å². The second kappa shape index (κ2) is 7.38. The summed E-state index contributed by atoms with van der Waals surface area (Å²) in [4.78, 5) is 9.25. The minimum atomic E-state index is -3.36. The molecule has 1 fully saturated rings. The predicted octanol–water partition coefficient (Wildman–Crippen LogP) is 2.49. The number of aryl methyl sites for hydroxylation is 2. The first kappa shape index (κ1) is 18.1. The van der Waals surface area contributed by atoms with Crippen molar-refractivity contribution in [2.45, 2.75) is 57.8 Å². The fraction of sp³-hybridized carbons (Fsp3) is 0.647. The molecule has 4 heterocycles. The maximum absolute atomic E-state index is 12.3. The van der Waals surface area contributed by atoms with E-state index in [4.69, 9.17) is 4.74 Å². The van der Waals surface area contributed by atoms with Gasteiger partial charge in [0, 0.05) is 31.1 Å². The third kappa shape index (κ3) is 4.00. The van der Waals surface area contributed by atoms with Gasteiger partial charge in [-0.25, -0.2) is 18.4 Å². The lowest BCUT2D eigenvalue weighted by Gasteiger charge is -2.17. The highest BCUT2D eigenvalue weighted by Gasteiger charge is 2.24. The number of sulfonamides is 1. The van der Waals surface area contributed by atoms with Gasteiger partial charge >= 0.3 is 0 Å². The Balaban J connectivity index is 1.49. The number of thiazole rings is 1. The molecule has 0 spiro atoms. The smallest absolute Gasteiger partial charge is 0.211 e. The Kier molecular flexibility index (Phi) is 5.13. The fourth-order valence-electron chi connectivity index (χ4n) is 3.52. The van der Waals surface area contributed by atoms with Crippen LogP contribution in [0.3, 0.4) is 0 Å². The second-order valence-corrected chi connectivity index (χ2v) is 9.88. The van der Waals surface area contributed by atoms with Crippen LogP contribution in [0.4, 0.5) is 0 Å². The summed E-state index contributed by atoms with van der Waals surface area (Å²) in [7, 11) is -3.36. The van der Waals surface area contributed by atoms with Gasteiger partial charge in [0.05, 0.1) is 30.7 Å². The quantitative estimate of drug-likeness (QED) is 0.750. The average molecular weight is 397 g/mol. The van der Waals surface area contributed by atoms with Crippen LogP contribution in [0.25, 0.3) is 0 Å². The SMILES string of the molecule is CS(=O)(=O)N(Cc1csc([C@@H]2CCCO2)n1)Cc1cn2c(n1)CCCC2. The van der Waals surface area contributed by atoms with Crippen LogP contribution in [0.2, 0.25) is 0 Å². The van der Waals surface area contributed by atoms with E-state index in [9.17, 15) is 8.42 Å². The first-order valence-electron chi connectivity index (χ1n) is 9.05. The monoisotopic (exact) mass is 396 g/mol. The van der Waals surface area contributed by atoms with E-state index < -0.39 is 10.0 Å². The molecular formula is C17H24N4O3S2. The molecule has 1 atom stereocenters. The predicted molar refractivity (Wildman–Crippen MR) is 99.3 cm³/mol. The van der Waals surface area contributed by atoms with E-state index >= 15 is 0 Å². The van der Waals surface area contributed by atoms with Crippen LogP contribution in [0.15, 0.2) is 11.6 Å². The molecule has 2 aliphatic heterocycles. The molecule has 4 rings (SSSR count). The Morgan fingerprint density at radius 2 is 2.12 bits per heavy atom. The maximum Gasteiger partial charge on any atom is 0.211 e. The van der Waals surface area contributed by atoms with Crippen LogP contribution in [0.5, 0.6) is 0 Å². The highest BCUT2D eigenvalue weighted by molar-refractivity contribution is 7.88. The molecule has 142 valence electrons. The number of aromatic nitrogens is 3. The third-order valence-electron chi connectivity index (χ3n) is 4.88. The Hall–Kier alpha value is -1.29. The van der Waals surface area contributed by atoms with Crippen molar-refractivity contribution >= 4 is 21.4 Å². The van der Waals surface area contributed by atoms with E-state index in [1.54, 1.807) is 11.3 Å². The van der Waals surface area contributed by atoms with E-state index in [1.807, 2.05) is 11.6 Å². The lowest BCUT2D eigenvalue weighted by molar-refractivity contribution is 0.111. The Morgan fingerprint density at radius 1 is 1.27 bits per heavy atom. The van der Waals surface area contributed by atoms with E-state index in [0.717, 1.165) is 67.5 Å². The zero-order chi connectivity index (χ0) is 18.1. The largest absolute Gasteiger partial charge is 0.371 e. The molecule has 2 aromatic rings. The zero-order valence-corrected chi connectivity index (χ0v) is 16.6. The fourth-order valence-corrected chi connectivity index (χ4v) is 5.14. The lowest BCUT2D eigenvalue weighted by Crippen LogP contribution is -2.29. The van der Waals surface area contributed by atoms with Crippen LogP contribution in [-0.2, 0) is 40.8 Å². The summed E-state index contributed by atoms with van der Waals surface area (Å²) in [5, 5.41) is 2.89. The molecule has 0 aromatic carbocycles. The highest BCUT2D eigenvalue weighted by Crippen LogP contribution is 2.31. The first-order chi connectivity index (χ1) is 12.5. The Bertz CT molecular complexity index is 845. The van der Waals surface area contributed by atoms with Crippen LogP contribution in [-0.4, -0.2) is 40.1 Å². The molecule has 1 saturated heterocycles. The molecule has 0 N–H and O–H groups in total. The van der Waals surface area contributed by atoms with Crippen molar-refractivity contribution in [2.24, 2.45) is 0 Å². The van der Waals surface area contributed by atoms with Gasteiger partial charge in [0.15, 0.2) is 0 Å². The standard InChI is InChI=1S/C17H24N4O3S2/c1-26(22,23)21(10-13-9-20-7-3-2-6-16(20)18-13)11-14-12-25-17(19-14)15-5-4-8-24-15/h9,12,15H,2-8,10-11H2,1H3/t15-/m0/s1. The molecule has 7 nitrogen and oxygen atoms in total. The van der Waals surface area contributed by atoms with Gasteiger partial charge in [0.2, 0.25) is 10.0 Å². The summed E-state index contributed by atoms with van der Waals surface area (Å²) in [5.74, 6) is 1.06. The molecule has 0 amide bonds. The van der Waals surface area contributed by atoms with Gasteiger partial charge in [-0.15, -0.1) is 11.3 Å². The topological polar surface area (TPSA) is 77.3 Å². The summed E-state index contributed by atoms with van der Waals surface area (Å²) in [5.41, 5.74) is 1.58. The number of imidazole rings is 1. The number of hydrogen-bond acceptors (Lipinski definition) is 6. The number of hydrogen-bond donors (Lipinski definition) is 0. The highest BCUT2D eigenvalue weighted by atomic mass is 32.2. The summed E-state index contributed by atoms with van der Waals surface area (Å²) in [6.45, 7) is 2.30. The summed E-state index contributed by atoms with van der Waals surface area (Å²) < 4.78 is 33.9. The summed E-state index contributed by atoms with van der Waals surface area (Å²) in [6.07, 6.45) is 8.63. The van der Waals surface area contributed by atoms with Crippen LogP contribution >= 0.6 is 11.3 Å². The van der Waals surface area contributed by atoms with Crippen LogP contribution < -0.4 is 0 Å². The van der Waals surface area contributed by atoms with Crippen molar-refractivity contribution in [2.75, 3.05) is 12.9 Å². The number of rotatable bonds is 6. The van der Waals surface area contributed by atoms with E-state index in [1.165, 1.54) is 10.6 Å². The van der Waals surface area contributed by atoms with Crippen molar-refractivity contribution in [3.05, 3.63) is 33.8 Å². The van der Waals surface area contributed by atoms with Gasteiger partial charge in [-0.05, 0) is 25.7 Å². The third-order valence-corrected chi connectivity index (χ3v) is 7.06. The molecule has 0 unspecified atom stereocenters. The molecule has 2 aromatic heterocycles. The number of fused-ring (bicyclic) bond motifs is 1. The maximum atomic E-state index is 12.3. The van der Waals surface area contributed by atoms with Crippen molar-refractivity contribution in [1.82, 2.24) is 18.8 Å². The molecule has 0 aliphatic carbocycles. The van der Waals surface area contributed by atoms with Gasteiger partial charge < -0.3 is 9.30 Å². The summed E-state index contributed by atoms with van der Waals surface area (Å²) in [6, 6.07) is 0. The van der Waals surface area contributed by atoms with E-state index in [2.05, 4.69) is 14.5 Å². The van der Waals surface area contributed by atoms with Gasteiger partial charge in [-0.3, -0.25) is 0 Å². The zero-order valence-electron chi connectivity index (χ0n) is 14.9. The number of ether oxygens (including phenoxy) is 1. The van der Waals surface area contributed by atoms with E-state index in [0.29, 0.717) is 0 Å². The normalized spacial score (nSPS) is 20.6. The van der Waals surface area contributed by atoms with Gasteiger partial charge in [-0.2, -0.15) is 4.31 Å². The van der Waals surface area contributed by atoms with Crippen molar-refractivity contribution < 1.29 is 13.2 Å². The van der Waals surface area contributed by atoms with E-state index in [-0.39, 0.29) is 19.2 Å². The molecular weight excluding hydrogens is 372 g/mol. The molecule has 0 radical (unpaired) electrons. The molecule has 0 saturated carbocycles. The van der Waals surface area contributed by atoms with Gasteiger partial charge in [-0.1, -0.05) is 0 Å². The molecule has 9 heteroatoms. The average Bonchev–Trinajstić information content (AvgIpc) is 3.33. The molecule has 26 heavy (non-hydrogen) atoms. The summed E-state index contributed by atoms with van der Waals surface area (Å²) >= 11 is 1.55.